The Bertz CT molecular complexity index is 1160. The zero-order chi connectivity index (χ0) is 24.2. The van der Waals surface area contributed by atoms with E-state index in [1.807, 2.05) is 24.3 Å². The fourth-order valence-corrected chi connectivity index (χ4v) is 5.42. The summed E-state index contributed by atoms with van der Waals surface area (Å²) in [6, 6.07) is 14.5. The molecule has 2 saturated heterocycles. The highest BCUT2D eigenvalue weighted by atomic mass is 16.1. The lowest BCUT2D eigenvalue weighted by Crippen LogP contribution is -2.44. The maximum absolute atomic E-state index is 13.0. The maximum Gasteiger partial charge on any atom is 0.270 e. The molecule has 0 bridgehead atoms. The number of fused-ring (bicyclic) bond motifs is 1. The predicted octanol–water partition coefficient (Wildman–Crippen LogP) is 5.02. The van der Waals surface area contributed by atoms with Gasteiger partial charge in [-0.3, -0.25) is 9.69 Å². The molecule has 4 heterocycles. The first-order valence-electron chi connectivity index (χ1n) is 13.2. The normalized spacial score (nSPS) is 17.9. The van der Waals surface area contributed by atoms with E-state index in [9.17, 15) is 4.79 Å². The standard InChI is InChI=1S/C29H37N5O/c1-21-8-7-9-22(2)24(21)20-33-18-14-23(15-19-33)30-29(35)27-11-10-26-25(31-27)12-13-28(32-26)34-16-5-3-4-6-17-34/h7-13,23H,3-6,14-20H2,1-2H3,(H,30,35). The van der Waals surface area contributed by atoms with Crippen LogP contribution in [0.15, 0.2) is 42.5 Å². The molecule has 0 saturated carbocycles. The molecule has 2 aliphatic heterocycles. The van der Waals surface area contributed by atoms with Crippen LogP contribution in [0.5, 0.6) is 0 Å². The van der Waals surface area contributed by atoms with Crippen LogP contribution in [0.2, 0.25) is 0 Å². The van der Waals surface area contributed by atoms with Crippen LogP contribution in [0.4, 0.5) is 5.82 Å². The summed E-state index contributed by atoms with van der Waals surface area (Å²) in [4.78, 5) is 27.3. The van der Waals surface area contributed by atoms with E-state index in [-0.39, 0.29) is 11.9 Å². The molecular formula is C29H37N5O. The molecular weight excluding hydrogens is 434 g/mol. The molecule has 2 fully saturated rings. The van der Waals surface area contributed by atoms with Gasteiger partial charge < -0.3 is 10.2 Å². The molecule has 3 aromatic rings. The summed E-state index contributed by atoms with van der Waals surface area (Å²) < 4.78 is 0. The van der Waals surface area contributed by atoms with Crippen LogP contribution in [0.1, 0.15) is 65.7 Å². The molecule has 0 atom stereocenters. The van der Waals surface area contributed by atoms with Crippen LogP contribution in [-0.4, -0.2) is 53.0 Å². The van der Waals surface area contributed by atoms with Crippen molar-refractivity contribution >= 4 is 22.8 Å². The number of likely N-dealkylation sites (tertiary alicyclic amines) is 1. The molecule has 5 rings (SSSR count). The predicted molar refractivity (Wildman–Crippen MR) is 142 cm³/mol. The van der Waals surface area contributed by atoms with Crippen molar-refractivity contribution in [2.45, 2.75) is 65.0 Å². The Morgan fingerprint density at radius 2 is 1.51 bits per heavy atom. The van der Waals surface area contributed by atoms with Crippen molar-refractivity contribution in [3.63, 3.8) is 0 Å². The molecule has 6 heteroatoms. The Kier molecular flexibility index (Phi) is 7.28. The Morgan fingerprint density at radius 1 is 0.857 bits per heavy atom. The number of carbonyl (C=O) groups excluding carboxylic acids is 1. The summed E-state index contributed by atoms with van der Waals surface area (Å²) in [7, 11) is 0. The average molecular weight is 472 g/mol. The summed E-state index contributed by atoms with van der Waals surface area (Å²) in [5, 5.41) is 3.22. The monoisotopic (exact) mass is 471 g/mol. The van der Waals surface area contributed by atoms with Gasteiger partial charge in [-0.05, 0) is 80.5 Å². The summed E-state index contributed by atoms with van der Waals surface area (Å²) in [5.41, 5.74) is 6.25. The van der Waals surface area contributed by atoms with Crippen LogP contribution in [0.25, 0.3) is 11.0 Å². The third-order valence-corrected chi connectivity index (χ3v) is 7.64. The van der Waals surface area contributed by atoms with Gasteiger partial charge in [0, 0.05) is 38.8 Å². The van der Waals surface area contributed by atoms with Gasteiger partial charge in [-0.25, -0.2) is 9.97 Å². The van der Waals surface area contributed by atoms with Crippen molar-refractivity contribution in [3.05, 3.63) is 64.8 Å². The minimum absolute atomic E-state index is 0.0864. The summed E-state index contributed by atoms with van der Waals surface area (Å²) in [5.74, 6) is 0.933. The first-order valence-corrected chi connectivity index (χ1v) is 13.2. The van der Waals surface area contributed by atoms with Crippen LogP contribution >= 0.6 is 0 Å². The lowest BCUT2D eigenvalue weighted by Gasteiger charge is -2.33. The number of hydrogen-bond acceptors (Lipinski definition) is 5. The largest absolute Gasteiger partial charge is 0.357 e. The Morgan fingerprint density at radius 3 is 2.23 bits per heavy atom. The average Bonchev–Trinajstić information content (AvgIpc) is 3.16. The number of piperidine rings is 1. The van der Waals surface area contributed by atoms with Crippen LogP contribution in [0, 0.1) is 13.8 Å². The van der Waals surface area contributed by atoms with Gasteiger partial charge in [0.05, 0.1) is 11.0 Å². The molecule has 0 aliphatic carbocycles. The van der Waals surface area contributed by atoms with Crippen molar-refractivity contribution in [1.29, 1.82) is 0 Å². The first kappa shape index (κ1) is 23.7. The molecule has 0 spiro atoms. The Labute approximate surface area is 208 Å². The van der Waals surface area contributed by atoms with Crippen molar-refractivity contribution < 1.29 is 4.79 Å². The van der Waals surface area contributed by atoms with Crippen LogP contribution in [-0.2, 0) is 6.54 Å². The lowest BCUT2D eigenvalue weighted by molar-refractivity contribution is 0.0904. The summed E-state index contributed by atoms with van der Waals surface area (Å²) >= 11 is 0. The number of anilines is 1. The number of aromatic nitrogens is 2. The number of nitrogens with zero attached hydrogens (tertiary/aromatic N) is 4. The van der Waals surface area contributed by atoms with Gasteiger partial charge in [-0.15, -0.1) is 0 Å². The minimum atomic E-state index is -0.0864. The smallest absolute Gasteiger partial charge is 0.270 e. The molecule has 0 radical (unpaired) electrons. The fraction of sp³-hybridized carbons (Fsp3) is 0.483. The SMILES string of the molecule is Cc1cccc(C)c1CN1CCC(NC(=O)c2ccc3nc(N4CCCCCC4)ccc3n2)CC1. The number of aryl methyl sites for hydroxylation is 2. The quantitative estimate of drug-likeness (QED) is 0.566. The summed E-state index contributed by atoms with van der Waals surface area (Å²) in [6.07, 6.45) is 6.98. The van der Waals surface area contributed by atoms with Crippen molar-refractivity contribution in [2.24, 2.45) is 0 Å². The van der Waals surface area contributed by atoms with E-state index < -0.39 is 0 Å². The highest BCUT2D eigenvalue weighted by Gasteiger charge is 2.22. The van der Waals surface area contributed by atoms with Gasteiger partial charge in [0.1, 0.15) is 11.5 Å². The van der Waals surface area contributed by atoms with Gasteiger partial charge in [0.15, 0.2) is 0 Å². The van der Waals surface area contributed by atoms with E-state index in [2.05, 4.69) is 52.1 Å². The lowest BCUT2D eigenvalue weighted by atomic mass is 10.00. The van der Waals surface area contributed by atoms with Gasteiger partial charge in [0.25, 0.3) is 5.91 Å². The highest BCUT2D eigenvalue weighted by molar-refractivity contribution is 5.94. The zero-order valence-corrected chi connectivity index (χ0v) is 21.1. The zero-order valence-electron chi connectivity index (χ0n) is 21.1. The van der Waals surface area contributed by atoms with Crippen LogP contribution in [0.3, 0.4) is 0 Å². The van der Waals surface area contributed by atoms with E-state index in [1.54, 1.807) is 0 Å². The van der Waals surface area contributed by atoms with Crippen molar-refractivity contribution in [1.82, 2.24) is 20.2 Å². The van der Waals surface area contributed by atoms with Gasteiger partial charge >= 0.3 is 0 Å². The van der Waals surface area contributed by atoms with Gasteiger partial charge in [0.2, 0.25) is 0 Å². The number of hydrogen-bond donors (Lipinski definition) is 1. The Balaban J connectivity index is 1.18. The molecule has 6 nitrogen and oxygen atoms in total. The Hall–Kier alpha value is -2.99. The number of carbonyl (C=O) groups is 1. The fourth-order valence-electron chi connectivity index (χ4n) is 5.42. The number of rotatable bonds is 5. The minimum Gasteiger partial charge on any atom is -0.357 e. The molecule has 2 aromatic heterocycles. The second-order valence-electron chi connectivity index (χ2n) is 10.2. The number of benzene rings is 1. The molecule has 2 aliphatic rings. The number of pyridine rings is 2. The molecule has 0 unspecified atom stereocenters. The summed E-state index contributed by atoms with van der Waals surface area (Å²) in [6.45, 7) is 9.48. The second-order valence-corrected chi connectivity index (χ2v) is 10.2. The van der Waals surface area contributed by atoms with Crippen LogP contribution < -0.4 is 10.2 Å². The first-order chi connectivity index (χ1) is 17.1. The van der Waals surface area contributed by atoms with E-state index in [4.69, 9.17) is 4.98 Å². The topological polar surface area (TPSA) is 61.4 Å². The highest BCUT2D eigenvalue weighted by Crippen LogP contribution is 2.22. The molecule has 1 N–H and O–H groups in total. The van der Waals surface area contributed by atoms with Crippen molar-refractivity contribution in [3.8, 4) is 0 Å². The van der Waals surface area contributed by atoms with Gasteiger partial charge in [-0.2, -0.15) is 0 Å². The molecule has 184 valence electrons. The second kappa shape index (κ2) is 10.7. The third-order valence-electron chi connectivity index (χ3n) is 7.64. The van der Waals surface area contributed by atoms with E-state index in [0.717, 1.165) is 62.4 Å². The number of amides is 1. The van der Waals surface area contributed by atoms with E-state index >= 15 is 0 Å². The molecule has 1 aromatic carbocycles. The number of nitrogens with one attached hydrogen (secondary N) is 1. The third kappa shape index (κ3) is 5.64. The maximum atomic E-state index is 13.0. The molecule has 35 heavy (non-hydrogen) atoms. The van der Waals surface area contributed by atoms with E-state index in [1.165, 1.54) is 42.4 Å². The van der Waals surface area contributed by atoms with Gasteiger partial charge in [-0.1, -0.05) is 31.0 Å². The van der Waals surface area contributed by atoms with E-state index in [0.29, 0.717) is 5.69 Å². The molecule has 1 amide bonds. The van der Waals surface area contributed by atoms with Crippen molar-refractivity contribution in [2.75, 3.05) is 31.1 Å².